The minimum atomic E-state index is -0.250. The van der Waals surface area contributed by atoms with Gasteiger partial charge >= 0.3 is 6.09 Å². The molecule has 1 amide bonds. The highest BCUT2D eigenvalue weighted by Crippen LogP contribution is 2.31. The Balaban J connectivity index is 1.66. The van der Waals surface area contributed by atoms with Gasteiger partial charge in [-0.1, -0.05) is 42.6 Å². The van der Waals surface area contributed by atoms with Crippen LogP contribution in [0.15, 0.2) is 28.7 Å². The van der Waals surface area contributed by atoms with Crippen molar-refractivity contribution in [2.75, 3.05) is 26.7 Å². The van der Waals surface area contributed by atoms with Crippen LogP contribution in [0, 0.1) is 5.92 Å². The van der Waals surface area contributed by atoms with E-state index >= 15 is 0 Å². The molecule has 1 aliphatic rings. The summed E-state index contributed by atoms with van der Waals surface area (Å²) in [5, 5.41) is 0. The lowest BCUT2D eigenvalue weighted by molar-refractivity contribution is 0.123. The van der Waals surface area contributed by atoms with Gasteiger partial charge in [0.25, 0.3) is 0 Å². The van der Waals surface area contributed by atoms with Crippen LogP contribution in [-0.2, 0) is 0 Å². The number of rotatable bonds is 9. The molecule has 0 atom stereocenters. The molecule has 1 aromatic carbocycles. The van der Waals surface area contributed by atoms with Gasteiger partial charge in [-0.15, -0.1) is 0 Å². The number of ether oxygens (including phenoxy) is 1. The Morgan fingerprint density at radius 1 is 1.07 bits per heavy atom. The summed E-state index contributed by atoms with van der Waals surface area (Å²) in [6.45, 7) is 8.02. The quantitative estimate of drug-likeness (QED) is 0.446. The maximum absolute atomic E-state index is 12.4. The molecule has 0 heterocycles. The number of carbonyl (C=O) groups excluding carboxylic acids is 1. The van der Waals surface area contributed by atoms with Crippen LogP contribution in [0.5, 0.6) is 5.75 Å². The topological polar surface area (TPSA) is 32.8 Å². The predicted octanol–water partition coefficient (Wildman–Crippen LogP) is 5.95. The molecule has 5 heteroatoms. The lowest BCUT2D eigenvalue weighted by Gasteiger charge is -2.34. The molecule has 27 heavy (non-hydrogen) atoms. The lowest BCUT2D eigenvalue weighted by Crippen LogP contribution is -2.41. The second-order valence-electron chi connectivity index (χ2n) is 7.63. The number of nitrogens with zero attached hydrogens (tertiary/aromatic N) is 2. The maximum Gasteiger partial charge on any atom is 0.415 e. The van der Waals surface area contributed by atoms with Crippen molar-refractivity contribution in [3.8, 4) is 5.75 Å². The fraction of sp³-hybridized carbons (Fsp3) is 0.682. The lowest BCUT2D eigenvalue weighted by atomic mass is 9.82. The van der Waals surface area contributed by atoms with Crippen LogP contribution in [0.1, 0.15) is 58.8 Å². The molecule has 152 valence electrons. The summed E-state index contributed by atoms with van der Waals surface area (Å²) in [5.74, 6) is 1.42. The Morgan fingerprint density at radius 2 is 1.70 bits per heavy atom. The standard InChI is InChI=1S/C22H35BrN2O2/c1-4-25(5-2)17-7-6-8-18-9-13-20(14-10-18)24(3)22(26)27-21-15-11-19(23)12-16-21/h11-12,15-16,18,20H,4-10,13-14,17H2,1-3H3. The van der Waals surface area contributed by atoms with Crippen LogP contribution < -0.4 is 4.74 Å². The highest BCUT2D eigenvalue weighted by Gasteiger charge is 2.27. The summed E-state index contributed by atoms with van der Waals surface area (Å²) in [7, 11) is 1.87. The average Bonchev–Trinajstić information content (AvgIpc) is 2.69. The van der Waals surface area contributed by atoms with Crippen molar-refractivity contribution in [3.05, 3.63) is 28.7 Å². The second-order valence-corrected chi connectivity index (χ2v) is 8.55. The molecular weight excluding hydrogens is 404 g/mol. The Kier molecular flexibility index (Phi) is 9.63. The van der Waals surface area contributed by atoms with E-state index in [2.05, 4.69) is 34.7 Å². The zero-order chi connectivity index (χ0) is 19.6. The molecule has 0 N–H and O–H groups in total. The zero-order valence-electron chi connectivity index (χ0n) is 17.1. The van der Waals surface area contributed by atoms with Gasteiger partial charge < -0.3 is 14.5 Å². The van der Waals surface area contributed by atoms with Crippen molar-refractivity contribution < 1.29 is 9.53 Å². The van der Waals surface area contributed by atoms with Crippen molar-refractivity contribution in [3.63, 3.8) is 0 Å². The molecule has 1 saturated carbocycles. The molecule has 0 bridgehead atoms. The maximum atomic E-state index is 12.4. The third-order valence-corrected chi connectivity index (χ3v) is 6.43. The van der Waals surface area contributed by atoms with Gasteiger partial charge in [0, 0.05) is 17.6 Å². The van der Waals surface area contributed by atoms with E-state index in [9.17, 15) is 4.79 Å². The first-order chi connectivity index (χ1) is 13.0. The molecule has 0 aromatic heterocycles. The van der Waals surface area contributed by atoms with Crippen LogP contribution in [0.25, 0.3) is 0 Å². The van der Waals surface area contributed by atoms with E-state index in [1.165, 1.54) is 38.6 Å². The van der Waals surface area contributed by atoms with Gasteiger partial charge in [0.2, 0.25) is 0 Å². The van der Waals surface area contributed by atoms with Gasteiger partial charge in [0.05, 0.1) is 0 Å². The van der Waals surface area contributed by atoms with Gasteiger partial charge in [-0.3, -0.25) is 0 Å². The fourth-order valence-electron chi connectivity index (χ4n) is 3.95. The minimum absolute atomic E-state index is 0.250. The number of carbonyl (C=O) groups is 1. The SMILES string of the molecule is CCN(CC)CCCCC1CCC(N(C)C(=O)Oc2ccc(Br)cc2)CC1. The van der Waals surface area contributed by atoms with Crippen molar-refractivity contribution in [1.29, 1.82) is 0 Å². The van der Waals surface area contributed by atoms with Crippen LogP contribution in [0.2, 0.25) is 0 Å². The molecule has 0 unspecified atom stereocenters. The van der Waals surface area contributed by atoms with E-state index in [-0.39, 0.29) is 6.09 Å². The van der Waals surface area contributed by atoms with E-state index in [4.69, 9.17) is 4.74 Å². The van der Waals surface area contributed by atoms with Crippen molar-refractivity contribution in [2.24, 2.45) is 5.92 Å². The molecule has 1 fully saturated rings. The van der Waals surface area contributed by atoms with Gasteiger partial charge in [-0.05, 0) is 81.9 Å². The first-order valence-electron chi connectivity index (χ1n) is 10.5. The molecule has 0 radical (unpaired) electrons. The summed E-state index contributed by atoms with van der Waals surface area (Å²) >= 11 is 3.39. The Bertz CT molecular complexity index is 552. The van der Waals surface area contributed by atoms with E-state index in [0.717, 1.165) is 36.3 Å². The van der Waals surface area contributed by atoms with Crippen LogP contribution in [0.4, 0.5) is 4.79 Å². The number of hydrogen-bond donors (Lipinski definition) is 0. The predicted molar refractivity (Wildman–Crippen MR) is 115 cm³/mol. The number of amides is 1. The Labute approximate surface area is 173 Å². The summed E-state index contributed by atoms with van der Waals surface area (Å²) in [4.78, 5) is 16.7. The molecule has 0 saturated heterocycles. The second kappa shape index (κ2) is 11.7. The van der Waals surface area contributed by atoms with Gasteiger partial charge in [-0.25, -0.2) is 4.79 Å². The van der Waals surface area contributed by atoms with E-state index in [0.29, 0.717) is 11.8 Å². The average molecular weight is 439 g/mol. The smallest absolute Gasteiger partial charge is 0.410 e. The normalized spacial score (nSPS) is 19.9. The molecule has 1 aromatic rings. The van der Waals surface area contributed by atoms with Crippen LogP contribution in [0.3, 0.4) is 0 Å². The first kappa shape index (κ1) is 22.2. The third-order valence-electron chi connectivity index (χ3n) is 5.90. The highest BCUT2D eigenvalue weighted by atomic mass is 79.9. The number of benzene rings is 1. The number of unbranched alkanes of at least 4 members (excludes halogenated alkanes) is 1. The number of hydrogen-bond acceptors (Lipinski definition) is 3. The van der Waals surface area contributed by atoms with E-state index in [1.54, 1.807) is 4.90 Å². The molecular formula is C22H35BrN2O2. The first-order valence-corrected chi connectivity index (χ1v) is 11.2. The summed E-state index contributed by atoms with van der Waals surface area (Å²) in [6, 6.07) is 7.69. The molecule has 2 rings (SSSR count). The van der Waals surface area contributed by atoms with Crippen molar-refractivity contribution in [1.82, 2.24) is 9.80 Å². The van der Waals surface area contributed by atoms with Gasteiger partial charge in [-0.2, -0.15) is 0 Å². The number of halogens is 1. The molecule has 1 aliphatic carbocycles. The Morgan fingerprint density at radius 3 is 2.30 bits per heavy atom. The summed E-state index contributed by atoms with van der Waals surface area (Å²) < 4.78 is 6.47. The van der Waals surface area contributed by atoms with E-state index < -0.39 is 0 Å². The monoisotopic (exact) mass is 438 g/mol. The summed E-state index contributed by atoms with van der Waals surface area (Å²) in [6.07, 6.45) is 8.35. The van der Waals surface area contributed by atoms with E-state index in [1.807, 2.05) is 31.3 Å². The van der Waals surface area contributed by atoms with Crippen molar-refractivity contribution >= 4 is 22.0 Å². The van der Waals surface area contributed by atoms with Crippen LogP contribution in [-0.4, -0.2) is 48.6 Å². The third kappa shape index (κ3) is 7.46. The van der Waals surface area contributed by atoms with Crippen molar-refractivity contribution in [2.45, 2.75) is 64.8 Å². The Hall–Kier alpha value is -1.07. The van der Waals surface area contributed by atoms with Gasteiger partial charge in [0.15, 0.2) is 0 Å². The molecule has 4 nitrogen and oxygen atoms in total. The van der Waals surface area contributed by atoms with Crippen LogP contribution >= 0.6 is 15.9 Å². The molecule has 0 aliphatic heterocycles. The van der Waals surface area contributed by atoms with Gasteiger partial charge in [0.1, 0.15) is 5.75 Å². The minimum Gasteiger partial charge on any atom is -0.410 e. The summed E-state index contributed by atoms with van der Waals surface area (Å²) in [5.41, 5.74) is 0. The zero-order valence-corrected chi connectivity index (χ0v) is 18.7. The molecule has 0 spiro atoms. The highest BCUT2D eigenvalue weighted by molar-refractivity contribution is 9.10. The largest absolute Gasteiger partial charge is 0.415 e. The fourth-order valence-corrected chi connectivity index (χ4v) is 4.22.